The number of hydrogen-bond donors (Lipinski definition) is 1. The summed E-state index contributed by atoms with van der Waals surface area (Å²) in [6.07, 6.45) is 5.54. The molecule has 40 heavy (non-hydrogen) atoms. The van der Waals surface area contributed by atoms with E-state index in [0.717, 1.165) is 30.6 Å². The summed E-state index contributed by atoms with van der Waals surface area (Å²) in [4.78, 5) is 52.6. The normalized spacial score (nSPS) is 18.0. The molecule has 2 saturated heterocycles. The average Bonchev–Trinajstić information content (AvgIpc) is 3.13. The minimum absolute atomic E-state index is 0.0732. The molecule has 5 rings (SSSR count). The van der Waals surface area contributed by atoms with Crippen molar-refractivity contribution in [2.45, 2.75) is 39.2 Å². The maximum Gasteiger partial charge on any atom is 0.258 e. The number of nitrogens with one attached hydrogen (secondary N) is 1. The number of benzene rings is 1. The highest BCUT2D eigenvalue weighted by atomic mass is 35.5. The topological polar surface area (TPSA) is 104 Å². The largest absolute Gasteiger partial charge is 0.368 e. The standard InChI is InChI=1S/C29H34ClN7O3/c1-4-26(39)36-10-6-5-7-22(18-36)37-27-24(30)16-23(35-13-11-34(12-14-35)20(3)38)17-25(27)32-29(37)33-28(40)21-8-9-31-19(2)15-21/h4,8-9,15-17,22H,1,5-7,10-14,18H2,2-3H3,(H,32,33,40)/t22-/m1/s1. The van der Waals surface area contributed by atoms with Crippen LogP contribution < -0.4 is 10.2 Å². The second-order valence-electron chi connectivity index (χ2n) is 10.4. The fourth-order valence-corrected chi connectivity index (χ4v) is 5.89. The number of anilines is 2. The van der Waals surface area contributed by atoms with Gasteiger partial charge in [0, 0.05) is 69.3 Å². The quantitative estimate of drug-likeness (QED) is 0.470. The van der Waals surface area contributed by atoms with Gasteiger partial charge in [-0.25, -0.2) is 4.98 Å². The smallest absolute Gasteiger partial charge is 0.258 e. The number of nitrogens with zero attached hydrogens (tertiary/aromatic N) is 6. The first kappa shape index (κ1) is 27.6. The number of rotatable bonds is 5. The number of pyridine rings is 1. The Morgan fingerprint density at radius 3 is 2.55 bits per heavy atom. The highest BCUT2D eigenvalue weighted by molar-refractivity contribution is 6.35. The fraction of sp³-hybridized carbons (Fsp3) is 0.414. The predicted molar refractivity (Wildman–Crippen MR) is 156 cm³/mol. The van der Waals surface area contributed by atoms with E-state index >= 15 is 0 Å². The Morgan fingerprint density at radius 1 is 1.07 bits per heavy atom. The minimum Gasteiger partial charge on any atom is -0.368 e. The lowest BCUT2D eigenvalue weighted by molar-refractivity contribution is -0.129. The minimum atomic E-state index is -0.300. The van der Waals surface area contributed by atoms with Crippen LogP contribution in [0, 0.1) is 6.92 Å². The molecule has 10 nitrogen and oxygen atoms in total. The number of carbonyl (C=O) groups is 3. The van der Waals surface area contributed by atoms with Crippen molar-refractivity contribution in [1.29, 1.82) is 0 Å². The van der Waals surface area contributed by atoms with Gasteiger partial charge >= 0.3 is 0 Å². The number of imidazole rings is 1. The van der Waals surface area contributed by atoms with Crippen LogP contribution in [0.15, 0.2) is 43.1 Å². The van der Waals surface area contributed by atoms with Crippen LogP contribution >= 0.6 is 11.6 Å². The third kappa shape index (κ3) is 5.67. The van der Waals surface area contributed by atoms with E-state index < -0.39 is 0 Å². The molecule has 0 spiro atoms. The van der Waals surface area contributed by atoms with Gasteiger partial charge in [-0.3, -0.25) is 24.7 Å². The molecule has 2 aliphatic heterocycles. The molecule has 11 heteroatoms. The van der Waals surface area contributed by atoms with Gasteiger partial charge in [0.2, 0.25) is 17.8 Å². The number of piperazine rings is 1. The molecule has 0 saturated carbocycles. The molecule has 2 aromatic heterocycles. The van der Waals surface area contributed by atoms with E-state index in [9.17, 15) is 14.4 Å². The summed E-state index contributed by atoms with van der Waals surface area (Å²) in [6.45, 7) is 10.9. The first-order valence-corrected chi connectivity index (χ1v) is 14.0. The molecule has 3 amide bonds. The summed E-state index contributed by atoms with van der Waals surface area (Å²) in [5, 5.41) is 3.52. The monoisotopic (exact) mass is 563 g/mol. The van der Waals surface area contributed by atoms with E-state index in [1.807, 2.05) is 28.5 Å². The van der Waals surface area contributed by atoms with E-state index in [0.29, 0.717) is 66.8 Å². The Labute approximate surface area is 238 Å². The Bertz CT molecular complexity index is 1460. The van der Waals surface area contributed by atoms with Gasteiger partial charge in [-0.15, -0.1) is 0 Å². The second-order valence-corrected chi connectivity index (χ2v) is 10.8. The molecule has 4 heterocycles. The number of halogens is 1. The van der Waals surface area contributed by atoms with E-state index in [1.54, 1.807) is 30.2 Å². The lowest BCUT2D eigenvalue weighted by atomic mass is 10.1. The van der Waals surface area contributed by atoms with E-state index in [2.05, 4.69) is 21.8 Å². The van der Waals surface area contributed by atoms with Crippen molar-refractivity contribution < 1.29 is 14.4 Å². The van der Waals surface area contributed by atoms with Gasteiger partial charge in [-0.2, -0.15) is 0 Å². The third-order valence-electron chi connectivity index (χ3n) is 7.70. The first-order valence-electron chi connectivity index (χ1n) is 13.6. The Kier molecular flexibility index (Phi) is 8.07. The van der Waals surface area contributed by atoms with Crippen molar-refractivity contribution in [3.05, 3.63) is 59.4 Å². The molecule has 1 atom stereocenters. The van der Waals surface area contributed by atoms with Crippen LogP contribution in [-0.2, 0) is 9.59 Å². The van der Waals surface area contributed by atoms with Gasteiger partial charge in [0.1, 0.15) is 0 Å². The maximum atomic E-state index is 13.3. The van der Waals surface area contributed by atoms with Gasteiger partial charge < -0.3 is 19.3 Å². The van der Waals surface area contributed by atoms with Crippen molar-refractivity contribution in [2.75, 3.05) is 49.5 Å². The van der Waals surface area contributed by atoms with Crippen LogP contribution in [-0.4, -0.2) is 81.3 Å². The molecule has 3 aromatic rings. The predicted octanol–water partition coefficient (Wildman–Crippen LogP) is 4.05. The molecular weight excluding hydrogens is 530 g/mol. The van der Waals surface area contributed by atoms with Crippen LogP contribution in [0.1, 0.15) is 48.3 Å². The van der Waals surface area contributed by atoms with Crippen LogP contribution in [0.4, 0.5) is 11.6 Å². The number of amides is 3. The zero-order valence-corrected chi connectivity index (χ0v) is 23.7. The summed E-state index contributed by atoms with van der Waals surface area (Å²) >= 11 is 6.97. The summed E-state index contributed by atoms with van der Waals surface area (Å²) in [6, 6.07) is 7.15. The molecule has 0 aliphatic carbocycles. The number of aromatic nitrogens is 3. The van der Waals surface area contributed by atoms with E-state index in [4.69, 9.17) is 16.6 Å². The fourth-order valence-electron chi connectivity index (χ4n) is 5.59. The van der Waals surface area contributed by atoms with Crippen LogP contribution in [0.5, 0.6) is 0 Å². The summed E-state index contributed by atoms with van der Waals surface area (Å²) < 4.78 is 1.98. The summed E-state index contributed by atoms with van der Waals surface area (Å²) in [7, 11) is 0. The van der Waals surface area contributed by atoms with Crippen molar-refractivity contribution in [1.82, 2.24) is 24.3 Å². The number of hydrogen-bond acceptors (Lipinski definition) is 6. The number of likely N-dealkylation sites (tertiary alicyclic amines) is 1. The molecule has 0 unspecified atom stereocenters. The average molecular weight is 564 g/mol. The molecule has 1 aromatic carbocycles. The molecular formula is C29H34ClN7O3. The Hall–Kier alpha value is -3.92. The number of carbonyl (C=O) groups excluding carboxylic acids is 3. The molecule has 210 valence electrons. The molecule has 0 bridgehead atoms. The Morgan fingerprint density at radius 2 is 1.85 bits per heavy atom. The number of fused-ring (bicyclic) bond motifs is 1. The van der Waals surface area contributed by atoms with E-state index in [1.165, 1.54) is 6.08 Å². The lowest BCUT2D eigenvalue weighted by Crippen LogP contribution is -2.48. The highest BCUT2D eigenvalue weighted by Crippen LogP contribution is 2.37. The van der Waals surface area contributed by atoms with Gasteiger partial charge in [-0.05, 0) is 56.5 Å². The molecule has 2 fully saturated rings. The lowest BCUT2D eigenvalue weighted by Gasteiger charge is -2.35. The van der Waals surface area contributed by atoms with Crippen molar-refractivity contribution in [3.63, 3.8) is 0 Å². The van der Waals surface area contributed by atoms with Crippen molar-refractivity contribution >= 4 is 52.0 Å². The number of aryl methyl sites for hydroxylation is 1. The molecule has 1 N–H and O–H groups in total. The molecule has 2 aliphatic rings. The highest BCUT2D eigenvalue weighted by Gasteiger charge is 2.29. The van der Waals surface area contributed by atoms with Crippen LogP contribution in [0.2, 0.25) is 5.02 Å². The van der Waals surface area contributed by atoms with Gasteiger partial charge in [-0.1, -0.05) is 18.2 Å². The zero-order valence-electron chi connectivity index (χ0n) is 22.9. The molecule has 0 radical (unpaired) electrons. The van der Waals surface area contributed by atoms with Crippen molar-refractivity contribution in [2.24, 2.45) is 0 Å². The van der Waals surface area contributed by atoms with E-state index in [-0.39, 0.29) is 23.8 Å². The zero-order chi connectivity index (χ0) is 28.4. The van der Waals surface area contributed by atoms with Crippen molar-refractivity contribution in [3.8, 4) is 0 Å². The Balaban J connectivity index is 1.55. The van der Waals surface area contributed by atoms with Crippen LogP contribution in [0.3, 0.4) is 0 Å². The summed E-state index contributed by atoms with van der Waals surface area (Å²) in [5.41, 5.74) is 3.50. The first-order chi connectivity index (χ1) is 19.2. The SMILES string of the molecule is C=CC(=O)N1CCCC[C@@H](n2c(NC(=O)c3ccnc(C)c3)nc3cc(N4CCN(C(C)=O)CC4)cc(Cl)c32)C1. The van der Waals surface area contributed by atoms with Crippen LogP contribution in [0.25, 0.3) is 11.0 Å². The third-order valence-corrected chi connectivity index (χ3v) is 7.98. The maximum absolute atomic E-state index is 13.3. The summed E-state index contributed by atoms with van der Waals surface area (Å²) in [5.74, 6) is 0.0375. The van der Waals surface area contributed by atoms with Gasteiger partial charge in [0.15, 0.2) is 0 Å². The second kappa shape index (κ2) is 11.7. The van der Waals surface area contributed by atoms with Gasteiger partial charge in [0.05, 0.1) is 22.1 Å². The van der Waals surface area contributed by atoms with Gasteiger partial charge in [0.25, 0.3) is 5.91 Å².